The third-order valence-electron chi connectivity index (χ3n) is 4.26. The Kier molecular flexibility index (Phi) is 4.34. The van der Waals surface area contributed by atoms with Gasteiger partial charge in [-0.05, 0) is 45.6 Å². The van der Waals surface area contributed by atoms with Crippen LogP contribution < -0.4 is 0 Å². The molecule has 3 nitrogen and oxygen atoms in total. The second-order valence-corrected chi connectivity index (χ2v) is 7.05. The zero-order valence-electron chi connectivity index (χ0n) is 12.7. The van der Waals surface area contributed by atoms with E-state index in [2.05, 4.69) is 17.9 Å². The number of ether oxygens (including phenoxy) is 1. The Morgan fingerprint density at radius 1 is 1.32 bits per heavy atom. The molecule has 0 radical (unpaired) electrons. The molecule has 0 aromatic rings. The predicted molar refractivity (Wildman–Crippen MR) is 76.9 cm³/mol. The van der Waals surface area contributed by atoms with E-state index >= 15 is 0 Å². The third kappa shape index (κ3) is 3.59. The molecule has 2 rings (SSSR count). The summed E-state index contributed by atoms with van der Waals surface area (Å²) in [6.45, 7) is 9.90. The zero-order valence-corrected chi connectivity index (χ0v) is 12.7. The van der Waals surface area contributed by atoms with Crippen LogP contribution in [-0.4, -0.2) is 36.1 Å². The summed E-state index contributed by atoms with van der Waals surface area (Å²) in [6, 6.07) is 0.667. The predicted octanol–water partition coefficient (Wildman–Crippen LogP) is 3.00. The number of carbonyl (C=O) groups is 1. The van der Waals surface area contributed by atoms with Gasteiger partial charge in [-0.2, -0.15) is 0 Å². The lowest BCUT2D eigenvalue weighted by molar-refractivity contribution is -0.157. The van der Waals surface area contributed by atoms with E-state index in [0.717, 1.165) is 19.0 Å². The third-order valence-corrected chi connectivity index (χ3v) is 4.26. The summed E-state index contributed by atoms with van der Waals surface area (Å²) in [6.07, 6.45) is 8.06. The molecule has 0 saturated heterocycles. The molecule has 1 fully saturated rings. The maximum absolute atomic E-state index is 12.0. The molecule has 0 N–H and O–H groups in total. The first-order valence-electron chi connectivity index (χ1n) is 7.49. The highest BCUT2D eigenvalue weighted by Crippen LogP contribution is 2.30. The molecule has 0 aromatic carbocycles. The van der Waals surface area contributed by atoms with Gasteiger partial charge in [-0.3, -0.25) is 9.69 Å². The van der Waals surface area contributed by atoms with E-state index in [0.29, 0.717) is 6.04 Å². The summed E-state index contributed by atoms with van der Waals surface area (Å²) in [7, 11) is 0. The van der Waals surface area contributed by atoms with Crippen LogP contribution in [0.15, 0.2) is 12.2 Å². The number of esters is 1. The minimum atomic E-state index is -0.420. The summed E-state index contributed by atoms with van der Waals surface area (Å²) in [5.74, 6) is 0.661. The van der Waals surface area contributed by atoms with Crippen molar-refractivity contribution in [2.24, 2.45) is 11.3 Å². The Labute approximate surface area is 117 Å². The molecule has 108 valence electrons. The van der Waals surface area contributed by atoms with Crippen LogP contribution in [0.5, 0.6) is 0 Å². The van der Waals surface area contributed by atoms with E-state index < -0.39 is 5.41 Å². The average Bonchev–Trinajstić information content (AvgIpc) is 2.74. The Morgan fingerprint density at radius 3 is 2.63 bits per heavy atom. The van der Waals surface area contributed by atoms with E-state index in [1.165, 1.54) is 19.3 Å². The SMILES string of the molecule is CC1CCCC1N1CC=C[C@@H](OC(=O)C(C)(C)C)C1. The Bertz CT molecular complexity index is 356. The first kappa shape index (κ1) is 14.6. The maximum Gasteiger partial charge on any atom is 0.311 e. The van der Waals surface area contributed by atoms with Crippen molar-refractivity contribution >= 4 is 5.97 Å². The highest BCUT2D eigenvalue weighted by atomic mass is 16.5. The van der Waals surface area contributed by atoms with Gasteiger partial charge in [0.15, 0.2) is 0 Å². The van der Waals surface area contributed by atoms with Crippen molar-refractivity contribution in [2.75, 3.05) is 13.1 Å². The average molecular weight is 265 g/mol. The van der Waals surface area contributed by atoms with Crippen LogP contribution in [0.4, 0.5) is 0 Å². The molecule has 2 aliphatic rings. The van der Waals surface area contributed by atoms with Crippen LogP contribution in [-0.2, 0) is 9.53 Å². The normalized spacial score (nSPS) is 32.5. The Balaban J connectivity index is 1.92. The van der Waals surface area contributed by atoms with Crippen LogP contribution in [0.3, 0.4) is 0 Å². The van der Waals surface area contributed by atoms with E-state index in [-0.39, 0.29) is 12.1 Å². The van der Waals surface area contributed by atoms with Gasteiger partial charge in [-0.15, -0.1) is 0 Å². The molecule has 0 amide bonds. The van der Waals surface area contributed by atoms with Gasteiger partial charge in [0, 0.05) is 19.1 Å². The van der Waals surface area contributed by atoms with Crippen LogP contribution in [0.25, 0.3) is 0 Å². The molecular formula is C16H27NO2. The van der Waals surface area contributed by atoms with E-state index in [9.17, 15) is 4.79 Å². The van der Waals surface area contributed by atoms with Crippen molar-refractivity contribution < 1.29 is 9.53 Å². The first-order chi connectivity index (χ1) is 8.88. The second kappa shape index (κ2) is 5.66. The van der Waals surface area contributed by atoms with Gasteiger partial charge >= 0.3 is 5.97 Å². The molecule has 1 aliphatic heterocycles. The van der Waals surface area contributed by atoms with Gasteiger partial charge in [0.2, 0.25) is 0 Å². The number of hydrogen-bond donors (Lipinski definition) is 0. The topological polar surface area (TPSA) is 29.5 Å². The van der Waals surface area contributed by atoms with Crippen molar-refractivity contribution in [1.82, 2.24) is 4.90 Å². The fraction of sp³-hybridized carbons (Fsp3) is 0.812. The first-order valence-corrected chi connectivity index (χ1v) is 7.49. The van der Waals surface area contributed by atoms with E-state index in [4.69, 9.17) is 4.74 Å². The summed E-state index contributed by atoms with van der Waals surface area (Å²) >= 11 is 0. The van der Waals surface area contributed by atoms with Crippen LogP contribution in [0, 0.1) is 11.3 Å². The molecule has 19 heavy (non-hydrogen) atoms. The van der Waals surface area contributed by atoms with Gasteiger partial charge in [-0.1, -0.05) is 19.4 Å². The lowest BCUT2D eigenvalue weighted by atomic mass is 9.97. The molecular weight excluding hydrogens is 238 g/mol. The molecule has 0 spiro atoms. The quantitative estimate of drug-likeness (QED) is 0.568. The zero-order chi connectivity index (χ0) is 14.0. The standard InChI is InChI=1S/C16H27NO2/c1-12-7-5-9-14(12)17-10-6-8-13(11-17)19-15(18)16(2,3)4/h6,8,12-14H,5,7,9-11H2,1-4H3/t12?,13-,14?/m1/s1. The van der Waals surface area contributed by atoms with Gasteiger partial charge in [-0.25, -0.2) is 0 Å². The molecule has 0 bridgehead atoms. The van der Waals surface area contributed by atoms with E-state index in [1.54, 1.807) is 0 Å². The minimum absolute atomic E-state index is 0.0757. The lowest BCUT2D eigenvalue weighted by Gasteiger charge is -2.36. The lowest BCUT2D eigenvalue weighted by Crippen LogP contribution is -2.45. The van der Waals surface area contributed by atoms with Crippen molar-refractivity contribution in [2.45, 2.75) is 59.1 Å². The summed E-state index contributed by atoms with van der Waals surface area (Å²) in [5.41, 5.74) is -0.420. The smallest absolute Gasteiger partial charge is 0.311 e. The number of hydrogen-bond acceptors (Lipinski definition) is 3. The molecule has 1 saturated carbocycles. The molecule has 3 heteroatoms. The monoisotopic (exact) mass is 265 g/mol. The largest absolute Gasteiger partial charge is 0.456 e. The molecule has 3 atom stereocenters. The van der Waals surface area contributed by atoms with Gasteiger partial charge in [0.05, 0.1) is 5.41 Å². The fourth-order valence-corrected chi connectivity index (χ4v) is 3.04. The Hall–Kier alpha value is -0.830. The van der Waals surface area contributed by atoms with Crippen LogP contribution in [0.1, 0.15) is 47.0 Å². The number of carbonyl (C=O) groups excluding carboxylic acids is 1. The summed E-state index contributed by atoms with van der Waals surface area (Å²) in [5, 5.41) is 0. The minimum Gasteiger partial charge on any atom is -0.456 e. The maximum atomic E-state index is 12.0. The number of nitrogens with zero attached hydrogens (tertiary/aromatic N) is 1. The summed E-state index contributed by atoms with van der Waals surface area (Å²) < 4.78 is 5.61. The highest BCUT2D eigenvalue weighted by molar-refractivity contribution is 5.75. The molecule has 1 heterocycles. The fourth-order valence-electron chi connectivity index (χ4n) is 3.04. The highest BCUT2D eigenvalue weighted by Gasteiger charge is 2.33. The van der Waals surface area contributed by atoms with Crippen molar-refractivity contribution in [3.63, 3.8) is 0 Å². The number of rotatable bonds is 2. The van der Waals surface area contributed by atoms with Gasteiger partial charge < -0.3 is 4.74 Å². The van der Waals surface area contributed by atoms with Gasteiger partial charge in [0.1, 0.15) is 6.10 Å². The van der Waals surface area contributed by atoms with Crippen molar-refractivity contribution in [3.05, 3.63) is 12.2 Å². The van der Waals surface area contributed by atoms with Crippen molar-refractivity contribution in [3.8, 4) is 0 Å². The van der Waals surface area contributed by atoms with E-state index in [1.807, 2.05) is 26.8 Å². The van der Waals surface area contributed by atoms with Crippen molar-refractivity contribution in [1.29, 1.82) is 0 Å². The molecule has 0 aromatic heterocycles. The molecule has 1 aliphatic carbocycles. The molecule has 2 unspecified atom stereocenters. The van der Waals surface area contributed by atoms with Crippen LogP contribution in [0.2, 0.25) is 0 Å². The summed E-state index contributed by atoms with van der Waals surface area (Å²) in [4.78, 5) is 14.4. The van der Waals surface area contributed by atoms with Crippen LogP contribution >= 0.6 is 0 Å². The van der Waals surface area contributed by atoms with Gasteiger partial charge in [0.25, 0.3) is 0 Å². The second-order valence-electron chi connectivity index (χ2n) is 7.05. The Morgan fingerprint density at radius 2 is 2.05 bits per heavy atom.